The topological polar surface area (TPSA) is 101 Å². The third-order valence-corrected chi connectivity index (χ3v) is 2.97. The van der Waals surface area contributed by atoms with Gasteiger partial charge in [-0.15, -0.1) is 5.10 Å². The maximum atomic E-state index is 11.4. The van der Waals surface area contributed by atoms with Gasteiger partial charge in [-0.1, -0.05) is 24.3 Å². The van der Waals surface area contributed by atoms with E-state index in [0.29, 0.717) is 24.6 Å². The summed E-state index contributed by atoms with van der Waals surface area (Å²) in [6.07, 6.45) is 0. The van der Waals surface area contributed by atoms with Gasteiger partial charge in [0, 0.05) is 13.1 Å². The Morgan fingerprint density at radius 1 is 1.25 bits per heavy atom. The fraction of sp³-hybridized carbons (Fsp3) is 0.154. The van der Waals surface area contributed by atoms with Crippen LogP contribution in [0.1, 0.15) is 11.1 Å². The molecule has 0 amide bonds. The van der Waals surface area contributed by atoms with Crippen LogP contribution in [0, 0.1) is 0 Å². The largest absolute Gasteiger partial charge is 0.365 e. The van der Waals surface area contributed by atoms with E-state index in [9.17, 15) is 4.79 Å². The summed E-state index contributed by atoms with van der Waals surface area (Å²) in [5.41, 5.74) is 7.94. The predicted octanol–water partition coefficient (Wildman–Crippen LogP) is 0.488. The molecule has 3 rings (SSSR count). The number of hydrogen-bond acceptors (Lipinski definition) is 5. The molecule has 4 N–H and O–H groups in total. The van der Waals surface area contributed by atoms with Crippen molar-refractivity contribution in [1.29, 1.82) is 0 Å². The second kappa shape index (κ2) is 5.14. The minimum atomic E-state index is -0.353. The third-order valence-electron chi connectivity index (χ3n) is 2.97. The molecule has 0 atom stereocenters. The van der Waals surface area contributed by atoms with Crippen molar-refractivity contribution in [3.05, 3.63) is 58.0 Å². The fourth-order valence-electron chi connectivity index (χ4n) is 1.96. The van der Waals surface area contributed by atoms with E-state index in [4.69, 9.17) is 5.73 Å². The van der Waals surface area contributed by atoms with Crippen LogP contribution in [0.4, 0.5) is 5.82 Å². The van der Waals surface area contributed by atoms with Crippen LogP contribution in [0.5, 0.6) is 0 Å². The molecule has 0 fully saturated rings. The average Bonchev–Trinajstić information content (AvgIpc) is 2.86. The van der Waals surface area contributed by atoms with Gasteiger partial charge in [0.1, 0.15) is 5.82 Å². The number of fused-ring (bicyclic) bond motifs is 1. The average molecular weight is 270 g/mol. The number of H-pyrrole nitrogens is 1. The van der Waals surface area contributed by atoms with E-state index in [-0.39, 0.29) is 5.69 Å². The van der Waals surface area contributed by atoms with E-state index in [1.54, 1.807) is 12.1 Å². The molecule has 0 saturated carbocycles. The SMILES string of the molecule is NCc1cccc(CNc2ccc3n[nH]c(=O)n3n2)c1. The van der Waals surface area contributed by atoms with E-state index in [1.165, 1.54) is 4.52 Å². The number of nitrogens with zero attached hydrogens (tertiary/aromatic N) is 3. The lowest BCUT2D eigenvalue weighted by atomic mass is 10.1. The van der Waals surface area contributed by atoms with Gasteiger partial charge < -0.3 is 11.1 Å². The Bertz CT molecular complexity index is 791. The normalized spacial score (nSPS) is 10.8. The molecule has 0 aliphatic heterocycles. The molecule has 0 saturated heterocycles. The first-order valence-corrected chi connectivity index (χ1v) is 6.22. The Morgan fingerprint density at radius 2 is 2.10 bits per heavy atom. The molecule has 0 bridgehead atoms. The van der Waals surface area contributed by atoms with Gasteiger partial charge in [-0.3, -0.25) is 0 Å². The van der Waals surface area contributed by atoms with Crippen molar-refractivity contribution in [3.8, 4) is 0 Å². The summed E-state index contributed by atoms with van der Waals surface area (Å²) in [6, 6.07) is 11.5. The second-order valence-corrected chi connectivity index (χ2v) is 4.39. The van der Waals surface area contributed by atoms with Gasteiger partial charge in [0.05, 0.1) is 0 Å². The first kappa shape index (κ1) is 12.4. The lowest BCUT2D eigenvalue weighted by Gasteiger charge is -2.06. The monoisotopic (exact) mass is 270 g/mol. The fourth-order valence-corrected chi connectivity index (χ4v) is 1.96. The molecule has 2 aromatic heterocycles. The highest BCUT2D eigenvalue weighted by Gasteiger charge is 2.02. The molecule has 2 heterocycles. The van der Waals surface area contributed by atoms with Gasteiger partial charge in [-0.05, 0) is 23.3 Å². The van der Waals surface area contributed by atoms with Crippen LogP contribution in [0.3, 0.4) is 0 Å². The van der Waals surface area contributed by atoms with Crippen LogP contribution in [-0.4, -0.2) is 19.8 Å². The van der Waals surface area contributed by atoms with Crippen molar-refractivity contribution in [2.45, 2.75) is 13.1 Å². The highest BCUT2D eigenvalue weighted by atomic mass is 16.2. The third kappa shape index (κ3) is 2.39. The van der Waals surface area contributed by atoms with E-state index in [2.05, 4.69) is 20.6 Å². The van der Waals surface area contributed by atoms with E-state index >= 15 is 0 Å². The number of aromatic amines is 1. The van der Waals surface area contributed by atoms with Crippen molar-refractivity contribution in [2.75, 3.05) is 5.32 Å². The van der Waals surface area contributed by atoms with E-state index in [0.717, 1.165) is 11.1 Å². The minimum Gasteiger partial charge on any atom is -0.365 e. The maximum absolute atomic E-state index is 11.4. The number of anilines is 1. The Kier molecular flexibility index (Phi) is 3.18. The van der Waals surface area contributed by atoms with Crippen molar-refractivity contribution in [2.24, 2.45) is 5.73 Å². The summed E-state index contributed by atoms with van der Waals surface area (Å²) in [5.74, 6) is 0.610. The summed E-state index contributed by atoms with van der Waals surface area (Å²) >= 11 is 0. The predicted molar refractivity (Wildman–Crippen MR) is 75.3 cm³/mol. The smallest absolute Gasteiger partial charge is 0.364 e. The standard InChI is InChI=1S/C13H14N6O/c14-7-9-2-1-3-10(6-9)8-15-11-4-5-12-16-17-13(20)19(12)18-11/h1-6H,7-8,14H2,(H,15,18)(H,17,20). The highest BCUT2D eigenvalue weighted by molar-refractivity contribution is 5.43. The van der Waals surface area contributed by atoms with Gasteiger partial charge in [0.2, 0.25) is 0 Å². The molecule has 0 aliphatic carbocycles. The first-order chi connectivity index (χ1) is 9.76. The zero-order valence-corrected chi connectivity index (χ0v) is 10.7. The maximum Gasteiger partial charge on any atom is 0.364 e. The zero-order chi connectivity index (χ0) is 13.9. The molecule has 3 aromatic rings. The first-order valence-electron chi connectivity index (χ1n) is 6.22. The number of nitrogens with two attached hydrogens (primary N) is 1. The molecule has 7 nitrogen and oxygen atoms in total. The van der Waals surface area contributed by atoms with Gasteiger partial charge in [-0.2, -0.15) is 9.61 Å². The van der Waals surface area contributed by atoms with Gasteiger partial charge in [-0.25, -0.2) is 9.89 Å². The van der Waals surface area contributed by atoms with E-state index in [1.807, 2.05) is 24.3 Å². The Balaban J connectivity index is 1.79. The van der Waals surface area contributed by atoms with Crippen molar-refractivity contribution >= 4 is 11.5 Å². The molecule has 0 radical (unpaired) electrons. The molecule has 0 aliphatic rings. The molecule has 0 spiro atoms. The van der Waals surface area contributed by atoms with Crippen LogP contribution >= 0.6 is 0 Å². The quantitative estimate of drug-likeness (QED) is 0.640. The summed E-state index contributed by atoms with van der Waals surface area (Å²) < 4.78 is 1.22. The van der Waals surface area contributed by atoms with Crippen LogP contribution in [0.25, 0.3) is 5.65 Å². The van der Waals surface area contributed by atoms with Crippen LogP contribution in [0.2, 0.25) is 0 Å². The molecule has 7 heteroatoms. The summed E-state index contributed by atoms with van der Waals surface area (Å²) in [4.78, 5) is 11.4. The number of benzene rings is 1. The molecule has 0 unspecified atom stereocenters. The lowest BCUT2D eigenvalue weighted by Crippen LogP contribution is -2.14. The van der Waals surface area contributed by atoms with E-state index < -0.39 is 0 Å². The molecule has 102 valence electrons. The summed E-state index contributed by atoms with van der Waals surface area (Å²) in [6.45, 7) is 1.13. The zero-order valence-electron chi connectivity index (χ0n) is 10.7. The highest BCUT2D eigenvalue weighted by Crippen LogP contribution is 2.08. The number of nitrogens with one attached hydrogen (secondary N) is 2. The van der Waals surface area contributed by atoms with Crippen molar-refractivity contribution in [1.82, 2.24) is 19.8 Å². The number of aromatic nitrogens is 4. The second-order valence-electron chi connectivity index (χ2n) is 4.39. The lowest BCUT2D eigenvalue weighted by molar-refractivity contribution is 0.875. The van der Waals surface area contributed by atoms with Crippen LogP contribution in [-0.2, 0) is 13.1 Å². The van der Waals surface area contributed by atoms with Crippen molar-refractivity contribution < 1.29 is 0 Å². The Hall–Kier alpha value is -2.67. The van der Waals surface area contributed by atoms with Gasteiger partial charge >= 0.3 is 5.69 Å². The molecular weight excluding hydrogens is 256 g/mol. The molecule has 20 heavy (non-hydrogen) atoms. The minimum absolute atomic E-state index is 0.353. The van der Waals surface area contributed by atoms with Crippen LogP contribution < -0.4 is 16.7 Å². The van der Waals surface area contributed by atoms with Crippen molar-refractivity contribution in [3.63, 3.8) is 0 Å². The van der Waals surface area contributed by atoms with Crippen LogP contribution in [0.15, 0.2) is 41.2 Å². The Morgan fingerprint density at radius 3 is 2.95 bits per heavy atom. The summed E-state index contributed by atoms with van der Waals surface area (Å²) in [5, 5.41) is 13.5. The molecule has 1 aromatic carbocycles. The number of hydrogen-bond donors (Lipinski definition) is 3. The number of rotatable bonds is 4. The Labute approximate surface area is 114 Å². The summed E-state index contributed by atoms with van der Waals surface area (Å²) in [7, 11) is 0. The van der Waals surface area contributed by atoms with Gasteiger partial charge in [0.15, 0.2) is 5.65 Å². The van der Waals surface area contributed by atoms with Gasteiger partial charge in [0.25, 0.3) is 0 Å². The molecular formula is C13H14N6O.